The Kier molecular flexibility index (Phi) is 5.92. The van der Waals surface area contributed by atoms with Crippen molar-refractivity contribution in [2.24, 2.45) is 5.92 Å². The molecule has 0 aliphatic heterocycles. The summed E-state index contributed by atoms with van der Waals surface area (Å²) in [6.07, 6.45) is 0.963. The number of thioether (sulfide) groups is 1. The zero-order valence-electron chi connectivity index (χ0n) is 10.6. The molecule has 0 spiro atoms. The van der Waals surface area contributed by atoms with Gasteiger partial charge in [-0.1, -0.05) is 11.8 Å². The lowest BCUT2D eigenvalue weighted by molar-refractivity contribution is -0.115. The molecule has 0 heterocycles. The van der Waals surface area contributed by atoms with E-state index in [-0.39, 0.29) is 23.2 Å². The second kappa shape index (κ2) is 6.50. The summed E-state index contributed by atoms with van der Waals surface area (Å²) in [5.74, 6) is -0.786. The predicted octanol–water partition coefficient (Wildman–Crippen LogP) is 0.247. The fourth-order valence-electron chi connectivity index (χ4n) is 2.40. The van der Waals surface area contributed by atoms with Gasteiger partial charge in [-0.05, 0) is 25.2 Å². The highest BCUT2D eigenvalue weighted by Crippen LogP contribution is 2.59. The average molecular weight is 347 g/mol. The van der Waals surface area contributed by atoms with Crippen molar-refractivity contribution in [3.63, 3.8) is 0 Å². The first kappa shape index (κ1) is 18.2. The molecule has 11 heteroatoms. The Bertz CT molecular complexity index is 442. The van der Waals surface area contributed by atoms with Crippen molar-refractivity contribution < 1.29 is 38.6 Å². The maximum Gasteiger partial charge on any atom is 0.479 e. The summed E-state index contributed by atoms with van der Waals surface area (Å²) < 4.78 is 11.4. The lowest BCUT2D eigenvalue weighted by Gasteiger charge is -2.21. The summed E-state index contributed by atoms with van der Waals surface area (Å²) in [6.45, 7) is 1.37. The van der Waals surface area contributed by atoms with Crippen molar-refractivity contribution in [3.8, 4) is 0 Å². The highest BCUT2D eigenvalue weighted by Gasteiger charge is 2.57. The molecule has 3 unspecified atom stereocenters. The van der Waals surface area contributed by atoms with Gasteiger partial charge in [0.05, 0.1) is 0 Å². The van der Waals surface area contributed by atoms with Crippen molar-refractivity contribution in [3.05, 3.63) is 0 Å². The highest BCUT2D eigenvalue weighted by atomic mass is 32.2. The number of hydrogen-bond donors (Lipinski definition) is 5. The Morgan fingerprint density at radius 1 is 1.25 bits per heavy atom. The van der Waals surface area contributed by atoms with Crippen molar-refractivity contribution in [2.45, 2.75) is 37.1 Å². The van der Waals surface area contributed by atoms with Gasteiger partial charge in [0.25, 0.3) is 0 Å². The minimum atomic E-state index is -4.96. The quantitative estimate of drug-likeness (QED) is 0.440. The van der Waals surface area contributed by atoms with Crippen LogP contribution in [-0.2, 0) is 14.2 Å². The van der Waals surface area contributed by atoms with Crippen LogP contribution in [0.4, 0.5) is 0 Å². The van der Waals surface area contributed by atoms with Crippen molar-refractivity contribution >= 4 is 37.9 Å². The minimum Gasteiger partial charge on any atom is -0.324 e. The van der Waals surface area contributed by atoms with Gasteiger partial charge in [0.1, 0.15) is 0 Å². The highest BCUT2D eigenvalue weighted by molar-refractivity contribution is 8.14. The molecule has 5 N–H and O–H groups in total. The van der Waals surface area contributed by atoms with E-state index in [0.29, 0.717) is 6.42 Å². The molecule has 0 saturated heterocycles. The van der Waals surface area contributed by atoms with Crippen LogP contribution in [0.15, 0.2) is 0 Å². The van der Waals surface area contributed by atoms with Gasteiger partial charge in [0.15, 0.2) is 10.8 Å². The van der Waals surface area contributed by atoms with E-state index in [4.69, 9.17) is 14.7 Å². The smallest absolute Gasteiger partial charge is 0.324 e. The van der Waals surface area contributed by atoms with Crippen LogP contribution in [0, 0.1) is 5.92 Å². The van der Waals surface area contributed by atoms with Gasteiger partial charge in [0, 0.05) is 12.2 Å². The van der Waals surface area contributed by atoms with E-state index < -0.39 is 32.6 Å². The van der Waals surface area contributed by atoms with Gasteiger partial charge < -0.3 is 9.79 Å². The van der Waals surface area contributed by atoms with E-state index >= 15 is 0 Å². The van der Waals surface area contributed by atoms with E-state index in [1.54, 1.807) is 0 Å². The maximum absolute atomic E-state index is 11.7. The third-order valence-corrected chi connectivity index (χ3v) is 6.66. The molecule has 1 aliphatic carbocycles. The SMILES string of the molecule is CC(=O)SC1CCC(C(C(=O)[P+](O)(O)O)P(=O)(O)O)C1. The van der Waals surface area contributed by atoms with Crippen LogP contribution in [0.3, 0.4) is 0 Å². The molecule has 0 aromatic carbocycles. The molecule has 0 aromatic heterocycles. The van der Waals surface area contributed by atoms with Gasteiger partial charge in [-0.3, -0.25) is 9.36 Å². The van der Waals surface area contributed by atoms with Crippen molar-refractivity contribution in [2.75, 3.05) is 0 Å². The molecule has 1 aliphatic rings. The predicted molar refractivity (Wildman–Crippen MR) is 73.8 cm³/mol. The zero-order chi connectivity index (χ0) is 15.7. The number of carbonyl (C=O) groups excluding carboxylic acids is 2. The summed E-state index contributed by atoms with van der Waals surface area (Å²) in [4.78, 5) is 68.0. The van der Waals surface area contributed by atoms with Gasteiger partial charge in [0.2, 0.25) is 0 Å². The molecule has 1 saturated carbocycles. The third kappa shape index (κ3) is 4.86. The Morgan fingerprint density at radius 3 is 2.20 bits per heavy atom. The minimum absolute atomic E-state index is 0.136. The fourth-order valence-corrected chi connectivity index (χ4v) is 6.06. The van der Waals surface area contributed by atoms with Gasteiger partial charge in [-0.25, -0.2) is 4.79 Å². The molecule has 116 valence electrons. The first-order chi connectivity index (χ1) is 8.93. The molecule has 1 rings (SSSR count). The van der Waals surface area contributed by atoms with E-state index in [1.807, 2.05) is 0 Å². The molecule has 0 bridgehead atoms. The molecule has 20 heavy (non-hydrogen) atoms. The number of rotatable bonds is 5. The molecule has 3 atom stereocenters. The second-order valence-electron chi connectivity index (χ2n) is 4.75. The number of hydrogen-bond acceptors (Lipinski definition) is 7. The molecule has 0 radical (unpaired) electrons. The molecular formula is C9H17O8P2S+. The summed E-state index contributed by atoms with van der Waals surface area (Å²) in [7, 11) is -9.90. The summed E-state index contributed by atoms with van der Waals surface area (Å²) in [5.41, 5.74) is -3.54. The summed E-state index contributed by atoms with van der Waals surface area (Å²) in [6, 6.07) is 0. The zero-order valence-corrected chi connectivity index (χ0v) is 13.2. The first-order valence-electron chi connectivity index (χ1n) is 5.77. The standard InChI is InChI=1S/C9H16O8P2S/c1-5(10)20-7-3-2-6(4-7)8(18(12,13)14)9(11)19(15,16)17/h6-8,15-17H,2-4H2,1H3,(H-,12,13,14)/p+1. The Morgan fingerprint density at radius 2 is 1.80 bits per heavy atom. The van der Waals surface area contributed by atoms with Crippen LogP contribution in [0.25, 0.3) is 0 Å². The topological polar surface area (TPSA) is 152 Å². The molecule has 1 fully saturated rings. The van der Waals surface area contributed by atoms with Crippen LogP contribution in [-0.4, -0.2) is 46.0 Å². The lowest BCUT2D eigenvalue weighted by Crippen LogP contribution is -2.30. The normalized spacial score (nSPS) is 25.5. The van der Waals surface area contributed by atoms with Gasteiger partial charge >= 0.3 is 21.1 Å². The van der Waals surface area contributed by atoms with Gasteiger partial charge in [-0.2, -0.15) is 14.7 Å². The first-order valence-corrected chi connectivity index (χ1v) is 9.98. The van der Waals surface area contributed by atoms with Crippen LogP contribution in [0.1, 0.15) is 26.2 Å². The van der Waals surface area contributed by atoms with Crippen LogP contribution >= 0.6 is 27.3 Å². The number of carbonyl (C=O) groups is 2. The van der Waals surface area contributed by atoms with E-state index in [9.17, 15) is 23.9 Å². The molecule has 0 amide bonds. The van der Waals surface area contributed by atoms with Crippen LogP contribution < -0.4 is 0 Å². The molecule has 8 nitrogen and oxygen atoms in total. The Labute approximate surface area is 120 Å². The van der Waals surface area contributed by atoms with Crippen LogP contribution in [0.5, 0.6) is 0 Å². The van der Waals surface area contributed by atoms with E-state index in [0.717, 1.165) is 11.8 Å². The van der Waals surface area contributed by atoms with E-state index in [1.165, 1.54) is 6.92 Å². The lowest BCUT2D eigenvalue weighted by atomic mass is 10.0. The maximum atomic E-state index is 11.7. The van der Waals surface area contributed by atoms with E-state index in [2.05, 4.69) is 0 Å². The summed E-state index contributed by atoms with van der Waals surface area (Å²) in [5, 5.41) is -0.300. The molecule has 0 aromatic rings. The third-order valence-electron chi connectivity index (χ3n) is 3.12. The second-order valence-corrected chi connectivity index (χ2v) is 9.53. The fraction of sp³-hybridized carbons (Fsp3) is 0.778. The summed E-state index contributed by atoms with van der Waals surface area (Å²) >= 11 is 1.03. The largest absolute Gasteiger partial charge is 0.479 e. The molecular weight excluding hydrogens is 330 g/mol. The average Bonchev–Trinajstić information content (AvgIpc) is 2.61. The monoisotopic (exact) mass is 347 g/mol. The van der Waals surface area contributed by atoms with Crippen LogP contribution in [0.2, 0.25) is 0 Å². The van der Waals surface area contributed by atoms with Crippen molar-refractivity contribution in [1.29, 1.82) is 0 Å². The Hall–Kier alpha value is 0.150. The van der Waals surface area contributed by atoms with Gasteiger partial charge in [-0.15, -0.1) is 0 Å². The van der Waals surface area contributed by atoms with Crippen molar-refractivity contribution in [1.82, 2.24) is 0 Å². The Balaban J connectivity index is 2.90.